The van der Waals surface area contributed by atoms with E-state index in [1.807, 2.05) is 0 Å². The summed E-state index contributed by atoms with van der Waals surface area (Å²) in [7, 11) is 0. The van der Waals surface area contributed by atoms with Gasteiger partial charge in [-0.15, -0.1) is 0 Å². The summed E-state index contributed by atoms with van der Waals surface area (Å²) in [5, 5.41) is 34.5. The van der Waals surface area contributed by atoms with Crippen LogP contribution in [-0.4, -0.2) is 72.3 Å². The summed E-state index contributed by atoms with van der Waals surface area (Å²) in [6.45, 7) is -0.486. The molecule has 92 valence electrons. The highest BCUT2D eigenvalue weighted by atomic mass is 17.2. The first-order chi connectivity index (χ1) is 7.20. The van der Waals surface area contributed by atoms with Crippen LogP contribution in [0.25, 0.3) is 0 Å². The normalized spacial score (nSPS) is 15.2. The molecule has 0 bridgehead atoms. The molecule has 0 saturated heterocycles. The van der Waals surface area contributed by atoms with Crippen molar-refractivity contribution in [3.8, 4) is 0 Å². The predicted molar refractivity (Wildman–Crippen MR) is 48.9 cm³/mol. The van der Waals surface area contributed by atoms with Gasteiger partial charge in [0.1, 0.15) is 25.4 Å². The lowest BCUT2D eigenvalue weighted by Crippen LogP contribution is -2.22. The Morgan fingerprint density at radius 3 is 2.00 bits per heavy atom. The average molecular weight is 226 g/mol. The summed E-state index contributed by atoms with van der Waals surface area (Å²) in [6.07, 6.45) is -1.84. The minimum absolute atomic E-state index is 0.0269. The van der Waals surface area contributed by atoms with E-state index in [-0.39, 0.29) is 39.6 Å². The molecule has 0 aromatic carbocycles. The van der Waals surface area contributed by atoms with Crippen molar-refractivity contribution in [2.45, 2.75) is 12.2 Å². The molecule has 0 amide bonds. The molecular weight excluding hydrogens is 208 g/mol. The summed E-state index contributed by atoms with van der Waals surface area (Å²) in [6, 6.07) is 0. The molecule has 0 heterocycles. The monoisotopic (exact) mass is 226 g/mol. The van der Waals surface area contributed by atoms with Crippen LogP contribution in [0.15, 0.2) is 0 Å². The van der Waals surface area contributed by atoms with E-state index in [2.05, 4.69) is 9.78 Å². The maximum atomic E-state index is 8.86. The fourth-order valence-corrected chi connectivity index (χ4v) is 0.603. The zero-order chi connectivity index (χ0) is 11.5. The first kappa shape index (κ1) is 14.7. The highest BCUT2D eigenvalue weighted by Gasteiger charge is 2.03. The molecule has 0 aliphatic rings. The number of hydrogen-bond acceptors (Lipinski definition) is 7. The molecule has 0 aromatic heterocycles. The fourth-order valence-electron chi connectivity index (χ4n) is 0.603. The second kappa shape index (κ2) is 10.2. The largest absolute Gasteiger partial charge is 0.394 e. The molecule has 0 aliphatic heterocycles. The minimum atomic E-state index is -0.956. The molecule has 0 spiro atoms. The second-order valence-corrected chi connectivity index (χ2v) is 2.85. The third kappa shape index (κ3) is 10.0. The molecule has 7 nitrogen and oxygen atoms in total. The highest BCUT2D eigenvalue weighted by molar-refractivity contribution is 4.48. The first-order valence-corrected chi connectivity index (χ1v) is 4.60. The fraction of sp³-hybridized carbons (Fsp3) is 1.00. The van der Waals surface area contributed by atoms with Crippen LogP contribution in [0.2, 0.25) is 0 Å². The van der Waals surface area contributed by atoms with Crippen LogP contribution in [0.1, 0.15) is 0 Å². The maximum absolute atomic E-state index is 8.86. The quantitative estimate of drug-likeness (QED) is 0.188. The number of aliphatic hydroxyl groups is 4. The maximum Gasteiger partial charge on any atom is 0.110 e. The second-order valence-electron chi connectivity index (χ2n) is 2.85. The van der Waals surface area contributed by atoms with Gasteiger partial charge >= 0.3 is 0 Å². The van der Waals surface area contributed by atoms with E-state index in [1.165, 1.54) is 0 Å². The van der Waals surface area contributed by atoms with E-state index in [1.54, 1.807) is 0 Å². The van der Waals surface area contributed by atoms with Gasteiger partial charge in [-0.1, -0.05) is 0 Å². The molecular formula is C8H18O7. The number of aliphatic hydroxyl groups excluding tert-OH is 4. The van der Waals surface area contributed by atoms with Crippen molar-refractivity contribution in [1.82, 2.24) is 0 Å². The van der Waals surface area contributed by atoms with E-state index in [9.17, 15) is 0 Å². The van der Waals surface area contributed by atoms with Gasteiger partial charge in [0.25, 0.3) is 0 Å². The van der Waals surface area contributed by atoms with Crippen LogP contribution in [0, 0.1) is 0 Å². The number of ether oxygens (including phenoxy) is 1. The van der Waals surface area contributed by atoms with Crippen LogP contribution in [0.5, 0.6) is 0 Å². The molecule has 15 heavy (non-hydrogen) atoms. The molecule has 0 saturated carbocycles. The smallest absolute Gasteiger partial charge is 0.110 e. The van der Waals surface area contributed by atoms with E-state index >= 15 is 0 Å². The van der Waals surface area contributed by atoms with Gasteiger partial charge in [-0.25, -0.2) is 9.78 Å². The van der Waals surface area contributed by atoms with Crippen molar-refractivity contribution in [2.75, 3.05) is 39.6 Å². The molecule has 0 aliphatic carbocycles. The zero-order valence-electron chi connectivity index (χ0n) is 8.41. The Balaban J connectivity index is 3.05. The van der Waals surface area contributed by atoms with Gasteiger partial charge < -0.3 is 25.2 Å². The lowest BCUT2D eigenvalue weighted by Gasteiger charge is -2.09. The summed E-state index contributed by atoms with van der Waals surface area (Å²) in [5.41, 5.74) is 0. The molecule has 2 atom stereocenters. The predicted octanol–water partition coefficient (Wildman–Crippen LogP) is -2.34. The Bertz CT molecular complexity index is 118. The van der Waals surface area contributed by atoms with Crippen LogP contribution < -0.4 is 0 Å². The van der Waals surface area contributed by atoms with Gasteiger partial charge in [0.2, 0.25) is 0 Å². The van der Waals surface area contributed by atoms with Gasteiger partial charge in [-0.3, -0.25) is 0 Å². The molecule has 2 unspecified atom stereocenters. The molecule has 0 rings (SSSR count). The number of hydrogen-bond donors (Lipinski definition) is 4. The van der Waals surface area contributed by atoms with E-state index < -0.39 is 12.2 Å². The minimum Gasteiger partial charge on any atom is -0.394 e. The van der Waals surface area contributed by atoms with Crippen molar-refractivity contribution in [3.63, 3.8) is 0 Å². The molecule has 4 N–H and O–H groups in total. The lowest BCUT2D eigenvalue weighted by molar-refractivity contribution is -0.310. The Kier molecular flexibility index (Phi) is 10.1. The summed E-state index contributed by atoms with van der Waals surface area (Å²) in [5.74, 6) is 0. The van der Waals surface area contributed by atoms with Crippen LogP contribution in [-0.2, 0) is 14.5 Å². The van der Waals surface area contributed by atoms with Gasteiger partial charge in [-0.2, -0.15) is 0 Å². The van der Waals surface area contributed by atoms with Crippen molar-refractivity contribution >= 4 is 0 Å². The number of rotatable bonds is 10. The van der Waals surface area contributed by atoms with Crippen molar-refractivity contribution < 1.29 is 34.9 Å². The Hall–Kier alpha value is -0.280. The van der Waals surface area contributed by atoms with Gasteiger partial charge in [0, 0.05) is 0 Å². The van der Waals surface area contributed by atoms with Crippen LogP contribution >= 0.6 is 0 Å². The lowest BCUT2D eigenvalue weighted by atomic mass is 10.4. The topological polar surface area (TPSA) is 109 Å². The molecule has 0 radical (unpaired) electrons. The summed E-state index contributed by atoms with van der Waals surface area (Å²) < 4.78 is 4.89. The van der Waals surface area contributed by atoms with Crippen molar-refractivity contribution in [1.29, 1.82) is 0 Å². The van der Waals surface area contributed by atoms with E-state index in [0.29, 0.717) is 0 Å². The van der Waals surface area contributed by atoms with Gasteiger partial charge in [0.15, 0.2) is 0 Å². The van der Waals surface area contributed by atoms with Crippen molar-refractivity contribution in [2.24, 2.45) is 0 Å². The van der Waals surface area contributed by atoms with Crippen LogP contribution in [0.3, 0.4) is 0 Å². The third-order valence-corrected chi connectivity index (χ3v) is 1.39. The highest BCUT2D eigenvalue weighted by Crippen LogP contribution is 1.87. The zero-order valence-corrected chi connectivity index (χ0v) is 8.41. The van der Waals surface area contributed by atoms with Gasteiger partial charge in [0.05, 0.1) is 26.4 Å². The van der Waals surface area contributed by atoms with E-state index in [4.69, 9.17) is 25.2 Å². The standard InChI is InChI=1S/C8H18O7/c9-3-7(11)5-13-1-2-14-15-6-8(12)4-10/h7-12H,1-6H2. The van der Waals surface area contributed by atoms with Gasteiger partial charge in [-0.05, 0) is 0 Å². The van der Waals surface area contributed by atoms with Crippen molar-refractivity contribution in [3.05, 3.63) is 0 Å². The Morgan fingerprint density at radius 1 is 0.800 bits per heavy atom. The molecule has 0 aromatic rings. The van der Waals surface area contributed by atoms with E-state index in [0.717, 1.165) is 0 Å². The Morgan fingerprint density at radius 2 is 1.40 bits per heavy atom. The molecule has 7 heteroatoms. The summed E-state index contributed by atoms with van der Waals surface area (Å²) in [4.78, 5) is 9.10. The molecule has 0 fully saturated rings. The summed E-state index contributed by atoms with van der Waals surface area (Å²) >= 11 is 0. The average Bonchev–Trinajstić information content (AvgIpc) is 2.26. The Labute approximate surface area is 87.7 Å². The SMILES string of the molecule is OCC(O)COCCOOCC(O)CO. The van der Waals surface area contributed by atoms with Crippen LogP contribution in [0.4, 0.5) is 0 Å². The first-order valence-electron chi connectivity index (χ1n) is 4.60. The third-order valence-electron chi connectivity index (χ3n) is 1.39.